The first-order chi connectivity index (χ1) is 10.0. The smallest absolute Gasteiger partial charge is 0.254 e. The largest absolute Gasteiger partial charge is 0.399 e. The van der Waals surface area contributed by atoms with Gasteiger partial charge in [-0.25, -0.2) is 0 Å². The maximum atomic E-state index is 12.7. The molecule has 1 amide bonds. The van der Waals surface area contributed by atoms with Crippen LogP contribution >= 0.6 is 0 Å². The Kier molecular flexibility index (Phi) is 4.58. The third kappa shape index (κ3) is 3.60. The van der Waals surface area contributed by atoms with Gasteiger partial charge in [-0.15, -0.1) is 0 Å². The van der Waals surface area contributed by atoms with E-state index in [9.17, 15) is 4.79 Å². The minimum Gasteiger partial charge on any atom is -0.399 e. The Bertz CT molecular complexity index is 652. The Morgan fingerprint density at radius 2 is 2.00 bits per heavy atom. The lowest BCUT2D eigenvalue weighted by Gasteiger charge is -2.21. The molecule has 110 valence electrons. The molecule has 1 heterocycles. The molecule has 1 aromatic carbocycles. The molecule has 1 aromatic heterocycles. The number of aryl methyl sites for hydroxylation is 2. The number of amides is 1. The summed E-state index contributed by atoms with van der Waals surface area (Å²) in [4.78, 5) is 18.9. The van der Waals surface area contributed by atoms with Gasteiger partial charge in [0.1, 0.15) is 0 Å². The number of benzene rings is 1. The van der Waals surface area contributed by atoms with E-state index >= 15 is 0 Å². The quantitative estimate of drug-likeness (QED) is 0.878. The van der Waals surface area contributed by atoms with Crippen molar-refractivity contribution in [3.63, 3.8) is 0 Å². The Labute approximate surface area is 125 Å². The molecule has 0 spiro atoms. The van der Waals surface area contributed by atoms with Crippen molar-refractivity contribution in [2.45, 2.75) is 27.3 Å². The van der Waals surface area contributed by atoms with Crippen LogP contribution in [0.25, 0.3) is 0 Å². The molecule has 21 heavy (non-hydrogen) atoms. The summed E-state index contributed by atoms with van der Waals surface area (Å²) in [6.07, 6.45) is 0. The molecule has 2 N–H and O–H groups in total. The van der Waals surface area contributed by atoms with Crippen LogP contribution in [-0.2, 0) is 6.54 Å². The first-order valence-corrected chi connectivity index (χ1v) is 7.09. The molecule has 0 atom stereocenters. The molecule has 0 saturated carbocycles. The van der Waals surface area contributed by atoms with E-state index in [2.05, 4.69) is 4.98 Å². The van der Waals surface area contributed by atoms with E-state index in [1.165, 1.54) is 0 Å². The molecule has 0 unspecified atom stereocenters. The second-order valence-electron chi connectivity index (χ2n) is 5.16. The van der Waals surface area contributed by atoms with Gasteiger partial charge in [0.25, 0.3) is 5.91 Å². The Morgan fingerprint density at radius 3 is 2.62 bits per heavy atom. The number of nitrogens with zero attached hydrogens (tertiary/aromatic N) is 2. The Hall–Kier alpha value is -2.36. The molecule has 0 aliphatic carbocycles. The summed E-state index contributed by atoms with van der Waals surface area (Å²) < 4.78 is 0. The number of hydrogen-bond acceptors (Lipinski definition) is 3. The zero-order chi connectivity index (χ0) is 15.4. The summed E-state index contributed by atoms with van der Waals surface area (Å²) >= 11 is 0. The first-order valence-electron chi connectivity index (χ1n) is 7.09. The molecule has 0 fully saturated rings. The van der Waals surface area contributed by atoms with Gasteiger partial charge < -0.3 is 10.6 Å². The van der Waals surface area contributed by atoms with Gasteiger partial charge >= 0.3 is 0 Å². The Balaban J connectivity index is 2.22. The SMILES string of the molecule is CCN(Cc1cccc(C)n1)C(=O)c1ccc(N)cc1C. The van der Waals surface area contributed by atoms with Crippen LogP contribution in [0.5, 0.6) is 0 Å². The van der Waals surface area contributed by atoms with Crippen LogP contribution in [0.2, 0.25) is 0 Å². The number of nitrogens with two attached hydrogens (primary N) is 1. The van der Waals surface area contributed by atoms with E-state index in [1.807, 2.05) is 45.0 Å². The lowest BCUT2D eigenvalue weighted by molar-refractivity contribution is 0.0750. The molecule has 0 radical (unpaired) electrons. The maximum absolute atomic E-state index is 12.7. The lowest BCUT2D eigenvalue weighted by Crippen LogP contribution is -2.31. The van der Waals surface area contributed by atoms with E-state index < -0.39 is 0 Å². The molecule has 0 saturated heterocycles. The number of rotatable bonds is 4. The number of carbonyl (C=O) groups is 1. The van der Waals surface area contributed by atoms with E-state index in [4.69, 9.17) is 5.73 Å². The third-order valence-corrected chi connectivity index (χ3v) is 3.45. The normalized spacial score (nSPS) is 10.4. The highest BCUT2D eigenvalue weighted by molar-refractivity contribution is 5.96. The monoisotopic (exact) mass is 283 g/mol. The van der Waals surface area contributed by atoms with Gasteiger partial charge in [0.05, 0.1) is 12.2 Å². The van der Waals surface area contributed by atoms with Gasteiger partial charge in [0.15, 0.2) is 0 Å². The second kappa shape index (κ2) is 6.39. The molecule has 0 aliphatic heterocycles. The number of anilines is 1. The van der Waals surface area contributed by atoms with Crippen molar-refractivity contribution in [1.82, 2.24) is 9.88 Å². The highest BCUT2D eigenvalue weighted by Gasteiger charge is 2.17. The molecule has 2 aromatic rings. The molecule has 4 nitrogen and oxygen atoms in total. The van der Waals surface area contributed by atoms with Gasteiger partial charge in [-0.1, -0.05) is 6.07 Å². The second-order valence-corrected chi connectivity index (χ2v) is 5.16. The maximum Gasteiger partial charge on any atom is 0.254 e. The number of nitrogen functional groups attached to an aromatic ring is 1. The van der Waals surface area contributed by atoms with Crippen LogP contribution in [-0.4, -0.2) is 22.3 Å². The van der Waals surface area contributed by atoms with Gasteiger partial charge in [0, 0.05) is 23.5 Å². The van der Waals surface area contributed by atoms with Gasteiger partial charge in [-0.2, -0.15) is 0 Å². The summed E-state index contributed by atoms with van der Waals surface area (Å²) in [6.45, 7) is 6.98. The van der Waals surface area contributed by atoms with Gasteiger partial charge in [-0.3, -0.25) is 9.78 Å². The fourth-order valence-electron chi connectivity index (χ4n) is 2.31. The topological polar surface area (TPSA) is 59.2 Å². The summed E-state index contributed by atoms with van der Waals surface area (Å²) in [6, 6.07) is 11.2. The lowest BCUT2D eigenvalue weighted by atomic mass is 10.1. The number of carbonyl (C=O) groups excluding carboxylic acids is 1. The van der Waals surface area contributed by atoms with Crippen LogP contribution < -0.4 is 5.73 Å². The standard InChI is InChI=1S/C17H21N3O/c1-4-20(11-15-7-5-6-13(3)19-15)17(21)16-9-8-14(18)10-12(16)2/h5-10H,4,11,18H2,1-3H3. The van der Waals surface area contributed by atoms with Gasteiger partial charge in [0.2, 0.25) is 0 Å². The van der Waals surface area contributed by atoms with Crippen LogP contribution in [0.4, 0.5) is 5.69 Å². The van der Waals surface area contributed by atoms with Crippen molar-refractivity contribution in [2.75, 3.05) is 12.3 Å². The average molecular weight is 283 g/mol. The molecular formula is C17H21N3O. The van der Waals surface area contributed by atoms with Crippen molar-refractivity contribution < 1.29 is 4.79 Å². The van der Waals surface area contributed by atoms with Crippen molar-refractivity contribution in [1.29, 1.82) is 0 Å². The fourth-order valence-corrected chi connectivity index (χ4v) is 2.31. The van der Waals surface area contributed by atoms with E-state index in [-0.39, 0.29) is 5.91 Å². The van der Waals surface area contributed by atoms with Crippen LogP contribution in [0, 0.1) is 13.8 Å². The minimum atomic E-state index is 0.0123. The summed E-state index contributed by atoms with van der Waals surface area (Å²) in [5.74, 6) is 0.0123. The zero-order valence-corrected chi connectivity index (χ0v) is 12.8. The summed E-state index contributed by atoms with van der Waals surface area (Å²) in [7, 11) is 0. The first kappa shape index (κ1) is 15.0. The number of hydrogen-bond donors (Lipinski definition) is 1. The van der Waals surface area contributed by atoms with Crippen LogP contribution in [0.15, 0.2) is 36.4 Å². The van der Waals surface area contributed by atoms with Crippen molar-refractivity contribution >= 4 is 11.6 Å². The van der Waals surface area contributed by atoms with Crippen molar-refractivity contribution in [3.05, 3.63) is 58.9 Å². The molecular weight excluding hydrogens is 262 g/mol. The van der Waals surface area contributed by atoms with E-state index in [1.54, 1.807) is 17.0 Å². The summed E-state index contributed by atoms with van der Waals surface area (Å²) in [5, 5.41) is 0. The van der Waals surface area contributed by atoms with E-state index in [0.29, 0.717) is 24.3 Å². The summed E-state index contributed by atoms with van der Waals surface area (Å²) in [5.41, 5.74) is 9.87. The number of pyridine rings is 1. The molecule has 0 bridgehead atoms. The molecule has 4 heteroatoms. The van der Waals surface area contributed by atoms with Crippen molar-refractivity contribution in [3.8, 4) is 0 Å². The van der Waals surface area contributed by atoms with Crippen LogP contribution in [0.1, 0.15) is 34.2 Å². The van der Waals surface area contributed by atoms with Gasteiger partial charge in [-0.05, 0) is 56.7 Å². The van der Waals surface area contributed by atoms with Crippen LogP contribution in [0.3, 0.4) is 0 Å². The predicted molar refractivity (Wildman–Crippen MR) is 85.0 cm³/mol. The average Bonchev–Trinajstić information content (AvgIpc) is 2.44. The van der Waals surface area contributed by atoms with E-state index in [0.717, 1.165) is 17.0 Å². The molecule has 0 aliphatic rings. The Morgan fingerprint density at radius 1 is 1.24 bits per heavy atom. The zero-order valence-electron chi connectivity index (χ0n) is 12.8. The van der Waals surface area contributed by atoms with Crippen molar-refractivity contribution in [2.24, 2.45) is 0 Å². The fraction of sp³-hybridized carbons (Fsp3) is 0.294. The highest BCUT2D eigenvalue weighted by atomic mass is 16.2. The molecule has 2 rings (SSSR count). The number of aromatic nitrogens is 1. The highest BCUT2D eigenvalue weighted by Crippen LogP contribution is 2.16. The predicted octanol–water partition coefficient (Wildman–Crippen LogP) is 2.94. The third-order valence-electron chi connectivity index (χ3n) is 3.45. The minimum absolute atomic E-state index is 0.0123.